The van der Waals surface area contributed by atoms with Gasteiger partial charge >= 0.3 is 0 Å². The number of nitrogens with two attached hydrogens (primary N) is 2. The second-order valence-electron chi connectivity index (χ2n) is 8.83. The largest absolute Gasteiger partial charge is 0.395 e. The van der Waals surface area contributed by atoms with Gasteiger partial charge in [0, 0.05) is 48.1 Å². The average Bonchev–Trinajstić information content (AvgIpc) is 3.56. The molecule has 1 atom stereocenters. The summed E-state index contributed by atoms with van der Waals surface area (Å²) < 4.78 is 3.99. The molecule has 196 valence electrons. The third-order valence-corrected chi connectivity index (χ3v) is 7.13. The molecule has 2 aromatic carbocycles. The van der Waals surface area contributed by atoms with Crippen LogP contribution in [0, 0.1) is 0 Å². The van der Waals surface area contributed by atoms with Crippen LogP contribution in [0.25, 0.3) is 10.9 Å². The zero-order valence-electron chi connectivity index (χ0n) is 20.7. The Morgan fingerprint density at radius 1 is 1.00 bits per heavy atom. The molecule has 3 heterocycles. The van der Waals surface area contributed by atoms with Gasteiger partial charge in [-0.1, -0.05) is 54.6 Å². The Labute approximate surface area is 227 Å². The number of fused-ring (bicyclic) bond motifs is 1. The fourth-order valence-electron chi connectivity index (χ4n) is 4.38. The molecule has 0 spiro atoms. The second kappa shape index (κ2) is 11.2. The Balaban J connectivity index is 1.61. The van der Waals surface area contributed by atoms with Crippen molar-refractivity contribution in [2.24, 2.45) is 5.73 Å². The molecule has 3 aromatic heterocycles. The van der Waals surface area contributed by atoms with Gasteiger partial charge in [-0.05, 0) is 34.8 Å². The molecule has 3 amide bonds. The van der Waals surface area contributed by atoms with E-state index < -0.39 is 17.9 Å². The molecule has 10 nitrogen and oxygen atoms in total. The topological polar surface area (TPSA) is 160 Å². The number of aromatic amines is 1. The molecular formula is C28H25N7O3S. The predicted octanol–water partition coefficient (Wildman–Crippen LogP) is 3.40. The van der Waals surface area contributed by atoms with Crippen molar-refractivity contribution in [3.63, 3.8) is 0 Å². The van der Waals surface area contributed by atoms with Crippen molar-refractivity contribution in [1.29, 1.82) is 0 Å². The maximum Gasteiger partial charge on any atom is 0.270 e. The number of carbonyl (C=O) groups excluding carboxylic acids is 3. The fourth-order valence-corrected chi connectivity index (χ4v) is 5.14. The normalized spacial score (nSPS) is 11.7. The number of para-hydroxylation sites is 1. The van der Waals surface area contributed by atoms with Gasteiger partial charge in [-0.3, -0.25) is 19.4 Å². The molecule has 11 heteroatoms. The summed E-state index contributed by atoms with van der Waals surface area (Å²) in [6.45, 7) is 0.306. The lowest BCUT2D eigenvalue weighted by molar-refractivity contribution is -0.126. The molecule has 1 unspecified atom stereocenters. The van der Waals surface area contributed by atoms with Crippen molar-refractivity contribution >= 4 is 45.8 Å². The van der Waals surface area contributed by atoms with E-state index in [0.717, 1.165) is 28.0 Å². The number of H-pyrrole nitrogens is 1. The first-order chi connectivity index (χ1) is 18.9. The van der Waals surface area contributed by atoms with Crippen LogP contribution in [0.5, 0.6) is 0 Å². The lowest BCUT2D eigenvalue weighted by Gasteiger charge is -2.31. The summed E-state index contributed by atoms with van der Waals surface area (Å²) in [5.41, 5.74) is 14.3. The van der Waals surface area contributed by atoms with Crippen molar-refractivity contribution in [2.45, 2.75) is 19.1 Å². The van der Waals surface area contributed by atoms with Gasteiger partial charge in [-0.2, -0.15) is 4.37 Å². The molecule has 0 aliphatic heterocycles. The van der Waals surface area contributed by atoms with Gasteiger partial charge < -0.3 is 26.7 Å². The van der Waals surface area contributed by atoms with E-state index in [0.29, 0.717) is 11.1 Å². The van der Waals surface area contributed by atoms with Crippen LogP contribution in [0.2, 0.25) is 0 Å². The third-order valence-electron chi connectivity index (χ3n) is 6.28. The molecule has 0 saturated heterocycles. The van der Waals surface area contributed by atoms with Gasteiger partial charge in [-0.25, -0.2) is 0 Å². The highest BCUT2D eigenvalue weighted by Gasteiger charge is 2.36. The molecule has 5 rings (SSSR count). The quantitative estimate of drug-likeness (QED) is 0.225. The number of benzene rings is 2. The van der Waals surface area contributed by atoms with Gasteiger partial charge in [0.05, 0.1) is 5.69 Å². The van der Waals surface area contributed by atoms with Crippen molar-refractivity contribution in [1.82, 2.24) is 24.6 Å². The van der Waals surface area contributed by atoms with Crippen LogP contribution >= 0.6 is 11.5 Å². The van der Waals surface area contributed by atoms with Crippen LogP contribution in [-0.2, 0) is 17.9 Å². The maximum absolute atomic E-state index is 14.1. The molecule has 5 aromatic rings. The van der Waals surface area contributed by atoms with Gasteiger partial charge in [0.15, 0.2) is 5.69 Å². The Hall–Kier alpha value is -5.03. The number of carbonyl (C=O) groups is 3. The van der Waals surface area contributed by atoms with Crippen molar-refractivity contribution in [3.8, 4) is 0 Å². The summed E-state index contributed by atoms with van der Waals surface area (Å²) in [5.74, 6) is -1.79. The van der Waals surface area contributed by atoms with Crippen LogP contribution < -0.4 is 16.8 Å². The predicted molar refractivity (Wildman–Crippen MR) is 148 cm³/mol. The number of primary amides is 1. The Kier molecular flexibility index (Phi) is 7.32. The lowest BCUT2D eigenvalue weighted by atomic mass is 10.0. The number of nitrogens with one attached hydrogen (secondary N) is 2. The second-order valence-corrected chi connectivity index (χ2v) is 9.60. The van der Waals surface area contributed by atoms with Crippen molar-refractivity contribution in [2.75, 3.05) is 5.73 Å². The SMILES string of the molecule is NC(=O)c1nsc(C(=O)N(Cc2cccnc2)C(C(=O)NCc2ccccc2)c2c[nH]c3ccccc23)c1N. The van der Waals surface area contributed by atoms with Crippen LogP contribution in [0.3, 0.4) is 0 Å². The van der Waals surface area contributed by atoms with E-state index in [2.05, 4.69) is 19.7 Å². The van der Waals surface area contributed by atoms with E-state index in [1.807, 2.05) is 60.7 Å². The molecule has 0 radical (unpaired) electrons. The molecule has 0 fully saturated rings. The molecule has 6 N–H and O–H groups in total. The zero-order chi connectivity index (χ0) is 27.4. The molecule has 0 aliphatic carbocycles. The summed E-state index contributed by atoms with van der Waals surface area (Å²) in [6, 6.07) is 19.5. The first-order valence-electron chi connectivity index (χ1n) is 12.1. The van der Waals surface area contributed by atoms with E-state index in [1.165, 1.54) is 4.90 Å². The van der Waals surface area contributed by atoms with Crippen molar-refractivity contribution < 1.29 is 14.4 Å². The molecule has 0 bridgehead atoms. The number of hydrogen-bond acceptors (Lipinski definition) is 7. The number of amides is 3. The minimum absolute atomic E-state index is 0.0217. The third kappa shape index (κ3) is 5.34. The zero-order valence-corrected chi connectivity index (χ0v) is 21.5. The lowest BCUT2D eigenvalue weighted by Crippen LogP contribution is -2.43. The number of pyridine rings is 1. The van der Waals surface area contributed by atoms with E-state index in [1.54, 1.807) is 24.7 Å². The maximum atomic E-state index is 14.1. The van der Waals surface area contributed by atoms with Crippen LogP contribution in [0.1, 0.15) is 42.9 Å². The average molecular weight is 540 g/mol. The minimum Gasteiger partial charge on any atom is -0.395 e. The van der Waals surface area contributed by atoms with Gasteiger partial charge in [0.2, 0.25) is 5.91 Å². The Morgan fingerprint density at radius 2 is 1.74 bits per heavy atom. The Bertz CT molecular complexity index is 1630. The first-order valence-corrected chi connectivity index (χ1v) is 12.8. The van der Waals surface area contributed by atoms with Crippen LogP contribution in [-0.4, -0.2) is 37.0 Å². The number of nitrogen functional groups attached to an aromatic ring is 1. The molecule has 39 heavy (non-hydrogen) atoms. The standard InChI is InChI=1S/C28H25N7O3S/c29-22-23(26(30)36)34-39-25(22)28(38)35(16-18-9-6-12-31-13-18)24(20-15-32-21-11-5-4-10-19(20)21)27(37)33-14-17-7-2-1-3-8-17/h1-13,15,24,32H,14,16,29H2,(H2,30,36)(H,33,37). The number of aromatic nitrogens is 3. The summed E-state index contributed by atoms with van der Waals surface area (Å²) in [5, 5.41) is 3.77. The van der Waals surface area contributed by atoms with Gasteiger partial charge in [0.1, 0.15) is 10.9 Å². The monoisotopic (exact) mass is 539 g/mol. The highest BCUT2D eigenvalue weighted by Crippen LogP contribution is 2.33. The van der Waals surface area contributed by atoms with E-state index in [4.69, 9.17) is 11.5 Å². The minimum atomic E-state index is -1.06. The van der Waals surface area contributed by atoms with Crippen LogP contribution in [0.15, 0.2) is 85.3 Å². The fraction of sp³-hybridized carbons (Fsp3) is 0.107. The van der Waals surface area contributed by atoms with Gasteiger partial charge in [0.25, 0.3) is 11.8 Å². The molecular weight excluding hydrogens is 514 g/mol. The number of rotatable bonds is 9. The summed E-state index contributed by atoms with van der Waals surface area (Å²) in [7, 11) is 0. The highest BCUT2D eigenvalue weighted by atomic mass is 32.1. The summed E-state index contributed by atoms with van der Waals surface area (Å²) >= 11 is 0.770. The molecule has 0 aliphatic rings. The van der Waals surface area contributed by atoms with Gasteiger partial charge in [-0.15, -0.1) is 0 Å². The molecule has 0 saturated carbocycles. The summed E-state index contributed by atoms with van der Waals surface area (Å²) in [4.78, 5) is 48.7. The Morgan fingerprint density at radius 3 is 2.46 bits per heavy atom. The number of nitrogens with zero attached hydrogens (tertiary/aromatic N) is 3. The van der Waals surface area contributed by atoms with Crippen LogP contribution in [0.4, 0.5) is 5.69 Å². The van der Waals surface area contributed by atoms with Crippen molar-refractivity contribution in [3.05, 3.63) is 113 Å². The van der Waals surface area contributed by atoms with E-state index >= 15 is 0 Å². The first kappa shape index (κ1) is 25.6. The number of hydrogen-bond donors (Lipinski definition) is 4. The highest BCUT2D eigenvalue weighted by molar-refractivity contribution is 7.09. The smallest absolute Gasteiger partial charge is 0.270 e. The number of anilines is 1. The van der Waals surface area contributed by atoms with E-state index in [-0.39, 0.29) is 35.3 Å². The van der Waals surface area contributed by atoms with E-state index in [9.17, 15) is 14.4 Å². The summed E-state index contributed by atoms with van der Waals surface area (Å²) in [6.07, 6.45) is 4.98.